The molecule has 0 unspecified atom stereocenters. The van der Waals surface area contributed by atoms with Crippen molar-refractivity contribution in [1.82, 2.24) is 24.6 Å². The molecular formula is C19H29N5OS. The van der Waals surface area contributed by atoms with Crippen LogP contribution in [0.1, 0.15) is 51.7 Å². The first kappa shape index (κ1) is 19.0. The molecule has 2 aromatic rings. The van der Waals surface area contributed by atoms with Gasteiger partial charge in [-0.1, -0.05) is 6.92 Å². The number of aromatic nitrogens is 3. The van der Waals surface area contributed by atoms with E-state index in [0.29, 0.717) is 12.0 Å². The predicted molar refractivity (Wildman–Crippen MR) is 104 cm³/mol. The van der Waals surface area contributed by atoms with Gasteiger partial charge in [-0.05, 0) is 45.7 Å². The minimum Gasteiger partial charge on any atom is -0.341 e. The first-order chi connectivity index (χ1) is 12.4. The van der Waals surface area contributed by atoms with Crippen LogP contribution in [0.4, 0.5) is 0 Å². The normalized spacial score (nSPS) is 21.1. The Labute approximate surface area is 159 Å². The van der Waals surface area contributed by atoms with E-state index in [1.54, 1.807) is 0 Å². The maximum absolute atomic E-state index is 12.9. The number of amides is 1. The van der Waals surface area contributed by atoms with Crippen molar-refractivity contribution in [2.24, 2.45) is 13.0 Å². The minimum absolute atomic E-state index is 0.0895. The third-order valence-electron chi connectivity index (χ3n) is 5.29. The van der Waals surface area contributed by atoms with Crippen molar-refractivity contribution < 1.29 is 4.79 Å². The van der Waals surface area contributed by atoms with Crippen LogP contribution in [0.2, 0.25) is 0 Å². The van der Waals surface area contributed by atoms with Crippen molar-refractivity contribution in [2.75, 3.05) is 26.7 Å². The van der Waals surface area contributed by atoms with Gasteiger partial charge in [0.2, 0.25) is 0 Å². The van der Waals surface area contributed by atoms with Crippen LogP contribution >= 0.6 is 11.3 Å². The molecule has 1 amide bonds. The lowest BCUT2D eigenvalue weighted by atomic mass is 9.85. The summed E-state index contributed by atoms with van der Waals surface area (Å²) in [6.45, 7) is 8.96. The molecule has 6 nitrogen and oxygen atoms in total. The van der Waals surface area contributed by atoms with E-state index in [9.17, 15) is 4.79 Å². The fourth-order valence-electron chi connectivity index (χ4n) is 4.11. The number of aryl methyl sites for hydroxylation is 3. The molecule has 0 N–H and O–H groups in total. The van der Waals surface area contributed by atoms with Gasteiger partial charge in [-0.2, -0.15) is 5.10 Å². The van der Waals surface area contributed by atoms with E-state index >= 15 is 0 Å². The second kappa shape index (κ2) is 7.88. The molecule has 1 aliphatic rings. The topological polar surface area (TPSA) is 54.3 Å². The molecule has 3 rings (SSSR count). The Kier molecular flexibility index (Phi) is 5.77. The molecule has 142 valence electrons. The van der Waals surface area contributed by atoms with Gasteiger partial charge in [-0.15, -0.1) is 11.3 Å². The van der Waals surface area contributed by atoms with Crippen LogP contribution in [0.5, 0.6) is 0 Å². The molecule has 0 spiro atoms. The summed E-state index contributed by atoms with van der Waals surface area (Å²) in [6.07, 6.45) is 6.40. The monoisotopic (exact) mass is 375 g/mol. The Bertz CT molecular complexity index is 768. The molecule has 1 fully saturated rings. The number of rotatable bonds is 5. The number of thiazole rings is 1. The minimum atomic E-state index is 0.0895. The SMILES string of the molecule is CCN1CCC[C@@H](CN(C)C(=O)c2sc(C)nc2C)[C@@H]1c1cnn(C)c1. The number of hydrogen-bond donors (Lipinski definition) is 0. The van der Waals surface area contributed by atoms with Gasteiger partial charge >= 0.3 is 0 Å². The first-order valence-corrected chi connectivity index (χ1v) is 10.1. The second-order valence-electron chi connectivity index (χ2n) is 7.26. The van der Waals surface area contributed by atoms with E-state index in [0.717, 1.165) is 41.6 Å². The van der Waals surface area contributed by atoms with Crippen LogP contribution in [0, 0.1) is 19.8 Å². The highest BCUT2D eigenvalue weighted by molar-refractivity contribution is 7.13. The molecule has 26 heavy (non-hydrogen) atoms. The molecule has 0 aliphatic carbocycles. The highest BCUT2D eigenvalue weighted by Crippen LogP contribution is 2.36. The summed E-state index contributed by atoms with van der Waals surface area (Å²) >= 11 is 1.49. The van der Waals surface area contributed by atoms with Gasteiger partial charge in [0.25, 0.3) is 5.91 Å². The molecule has 7 heteroatoms. The Morgan fingerprint density at radius 1 is 1.42 bits per heavy atom. The molecule has 1 saturated heterocycles. The van der Waals surface area contributed by atoms with Gasteiger partial charge in [0.05, 0.1) is 16.9 Å². The van der Waals surface area contributed by atoms with E-state index in [4.69, 9.17) is 0 Å². The summed E-state index contributed by atoms with van der Waals surface area (Å²) in [4.78, 5) is 22.5. The fourth-order valence-corrected chi connectivity index (χ4v) is 5.03. The third kappa shape index (κ3) is 3.83. The van der Waals surface area contributed by atoms with E-state index in [-0.39, 0.29) is 5.91 Å². The fraction of sp³-hybridized carbons (Fsp3) is 0.632. The van der Waals surface area contributed by atoms with Crippen molar-refractivity contribution in [3.8, 4) is 0 Å². The van der Waals surface area contributed by atoms with E-state index in [1.807, 2.05) is 43.7 Å². The van der Waals surface area contributed by atoms with Crippen LogP contribution in [-0.4, -0.2) is 57.2 Å². The van der Waals surface area contributed by atoms with Crippen molar-refractivity contribution in [3.63, 3.8) is 0 Å². The molecular weight excluding hydrogens is 346 g/mol. The molecule has 3 heterocycles. The largest absolute Gasteiger partial charge is 0.341 e. The zero-order valence-corrected chi connectivity index (χ0v) is 17.2. The maximum atomic E-state index is 12.9. The zero-order valence-electron chi connectivity index (χ0n) is 16.4. The molecule has 0 aromatic carbocycles. The molecule has 0 bridgehead atoms. The number of carbonyl (C=O) groups excluding carboxylic acids is 1. The van der Waals surface area contributed by atoms with Crippen LogP contribution < -0.4 is 0 Å². The lowest BCUT2D eigenvalue weighted by molar-refractivity contribution is 0.0591. The summed E-state index contributed by atoms with van der Waals surface area (Å²) in [5, 5.41) is 5.32. The Hall–Kier alpha value is -1.73. The summed E-state index contributed by atoms with van der Waals surface area (Å²) in [6, 6.07) is 0.321. The first-order valence-electron chi connectivity index (χ1n) is 9.32. The number of carbonyl (C=O) groups is 1. The van der Waals surface area contributed by atoms with Crippen LogP contribution in [0.15, 0.2) is 12.4 Å². The maximum Gasteiger partial charge on any atom is 0.265 e. The molecule has 1 aliphatic heterocycles. The predicted octanol–water partition coefficient (Wildman–Crippen LogP) is 3.04. The quantitative estimate of drug-likeness (QED) is 0.806. The Morgan fingerprint density at radius 2 is 2.19 bits per heavy atom. The van der Waals surface area contributed by atoms with E-state index in [2.05, 4.69) is 28.1 Å². The number of piperidine rings is 1. The van der Waals surface area contributed by atoms with E-state index in [1.165, 1.54) is 23.3 Å². The van der Waals surface area contributed by atoms with Gasteiger partial charge in [0, 0.05) is 38.4 Å². The van der Waals surface area contributed by atoms with Crippen LogP contribution in [0.25, 0.3) is 0 Å². The van der Waals surface area contributed by atoms with Crippen LogP contribution in [0.3, 0.4) is 0 Å². The summed E-state index contributed by atoms with van der Waals surface area (Å²) in [5.41, 5.74) is 2.09. The molecule has 0 saturated carbocycles. The summed E-state index contributed by atoms with van der Waals surface area (Å²) in [5.74, 6) is 0.503. The summed E-state index contributed by atoms with van der Waals surface area (Å²) < 4.78 is 1.87. The summed E-state index contributed by atoms with van der Waals surface area (Å²) in [7, 11) is 3.88. The molecule has 2 atom stereocenters. The lowest BCUT2D eigenvalue weighted by Gasteiger charge is -2.42. The van der Waals surface area contributed by atoms with Crippen molar-refractivity contribution in [3.05, 3.63) is 33.5 Å². The zero-order chi connectivity index (χ0) is 18.8. The Morgan fingerprint density at radius 3 is 2.77 bits per heavy atom. The van der Waals surface area contributed by atoms with Gasteiger partial charge in [0.15, 0.2) is 0 Å². The van der Waals surface area contributed by atoms with Crippen molar-refractivity contribution in [2.45, 2.75) is 39.7 Å². The lowest BCUT2D eigenvalue weighted by Crippen LogP contribution is -2.43. The third-order valence-corrected chi connectivity index (χ3v) is 6.35. The van der Waals surface area contributed by atoms with Crippen molar-refractivity contribution in [1.29, 1.82) is 0 Å². The standard InChI is InChI=1S/C19H29N5OS/c1-6-24-9-7-8-15(17(24)16-10-20-23(5)12-16)11-22(4)19(25)18-13(2)21-14(3)26-18/h10,12,15,17H,6-9,11H2,1-5H3/t15-,17+/m0/s1. The second-order valence-corrected chi connectivity index (χ2v) is 8.46. The Balaban J connectivity index is 1.79. The average Bonchev–Trinajstić information content (AvgIpc) is 3.18. The van der Waals surface area contributed by atoms with Gasteiger partial charge in [-0.25, -0.2) is 4.98 Å². The number of nitrogens with zero attached hydrogens (tertiary/aromatic N) is 5. The van der Waals surface area contributed by atoms with Gasteiger partial charge in [-0.3, -0.25) is 14.4 Å². The molecule has 0 radical (unpaired) electrons. The number of likely N-dealkylation sites (tertiary alicyclic amines) is 1. The highest BCUT2D eigenvalue weighted by Gasteiger charge is 2.34. The average molecular weight is 376 g/mol. The van der Waals surface area contributed by atoms with Gasteiger partial charge < -0.3 is 4.90 Å². The van der Waals surface area contributed by atoms with Gasteiger partial charge in [0.1, 0.15) is 4.88 Å². The smallest absolute Gasteiger partial charge is 0.265 e. The molecule has 2 aromatic heterocycles. The number of hydrogen-bond acceptors (Lipinski definition) is 5. The van der Waals surface area contributed by atoms with Crippen molar-refractivity contribution >= 4 is 17.2 Å². The van der Waals surface area contributed by atoms with Crippen LogP contribution in [-0.2, 0) is 7.05 Å². The highest BCUT2D eigenvalue weighted by atomic mass is 32.1. The van der Waals surface area contributed by atoms with E-state index < -0.39 is 0 Å².